The van der Waals surface area contributed by atoms with Crippen LogP contribution >= 0.6 is 15.9 Å². The van der Waals surface area contributed by atoms with Crippen molar-refractivity contribution >= 4 is 33.1 Å². The third kappa shape index (κ3) is 2.70. The highest BCUT2D eigenvalue weighted by Crippen LogP contribution is 2.48. The summed E-state index contributed by atoms with van der Waals surface area (Å²) in [6.07, 6.45) is -3.57. The van der Waals surface area contributed by atoms with Crippen molar-refractivity contribution in [3.8, 4) is 5.75 Å². The number of hydrogen-bond donors (Lipinski definition) is 0. The molecule has 0 amide bonds. The largest absolute Gasteiger partial charge is 0.475 e. The maximum absolute atomic E-state index is 13.1. The zero-order valence-electron chi connectivity index (χ0n) is 12.9. The Bertz CT molecular complexity index is 868. The molecule has 0 aromatic heterocycles. The van der Waals surface area contributed by atoms with Gasteiger partial charge in [-0.2, -0.15) is 13.2 Å². The van der Waals surface area contributed by atoms with Gasteiger partial charge in [0.25, 0.3) is 0 Å². The molecule has 7 heteroatoms. The minimum Gasteiger partial charge on any atom is -0.475 e. The van der Waals surface area contributed by atoms with Crippen LogP contribution in [0.5, 0.6) is 5.75 Å². The van der Waals surface area contributed by atoms with E-state index in [-0.39, 0.29) is 11.5 Å². The zero-order valence-corrected chi connectivity index (χ0v) is 14.5. The van der Waals surface area contributed by atoms with Crippen LogP contribution < -0.4 is 9.64 Å². The van der Waals surface area contributed by atoms with Crippen LogP contribution in [-0.4, -0.2) is 17.9 Å². The van der Waals surface area contributed by atoms with Gasteiger partial charge in [0.1, 0.15) is 5.75 Å². The number of carbonyl (C=O) groups is 1. The molecule has 1 atom stereocenters. The Hall–Kier alpha value is -2.02. The summed E-state index contributed by atoms with van der Waals surface area (Å²) in [5, 5.41) is 0. The molecule has 1 unspecified atom stereocenters. The summed E-state index contributed by atoms with van der Waals surface area (Å²) in [5.41, 5.74) is -0.530. The van der Waals surface area contributed by atoms with Crippen molar-refractivity contribution in [2.45, 2.75) is 24.6 Å². The summed E-state index contributed by atoms with van der Waals surface area (Å²) in [5.74, 6) is 0.0182. The van der Waals surface area contributed by atoms with Crippen LogP contribution in [0.4, 0.5) is 24.5 Å². The molecule has 3 nitrogen and oxygen atoms in total. The van der Waals surface area contributed by atoms with Gasteiger partial charge < -0.3 is 9.64 Å². The number of fused-ring (bicyclic) bond motifs is 1. The average molecular weight is 412 g/mol. The van der Waals surface area contributed by atoms with Crippen LogP contribution in [0.1, 0.15) is 18.4 Å². The molecule has 1 fully saturated rings. The molecule has 0 N–H and O–H groups in total. The minimum absolute atomic E-state index is 0.0736. The van der Waals surface area contributed by atoms with Gasteiger partial charge in [0.15, 0.2) is 11.4 Å². The molecule has 130 valence electrons. The first kappa shape index (κ1) is 16.4. The van der Waals surface area contributed by atoms with Crippen molar-refractivity contribution < 1.29 is 22.7 Å². The van der Waals surface area contributed by atoms with Crippen molar-refractivity contribution in [1.82, 2.24) is 0 Å². The number of ether oxygens (including phenoxy) is 1. The second kappa shape index (κ2) is 5.49. The Labute approximate surface area is 150 Å². The molecule has 2 aromatic rings. The van der Waals surface area contributed by atoms with Crippen molar-refractivity contribution in [2.75, 3.05) is 11.4 Å². The lowest BCUT2D eigenvalue weighted by Crippen LogP contribution is -2.61. The summed E-state index contributed by atoms with van der Waals surface area (Å²) in [7, 11) is 0. The molecular weight excluding hydrogens is 399 g/mol. The highest BCUT2D eigenvalue weighted by Gasteiger charge is 2.53. The molecule has 1 aliphatic carbocycles. The summed E-state index contributed by atoms with van der Waals surface area (Å²) in [6.45, 7) is 0.292. The summed E-state index contributed by atoms with van der Waals surface area (Å²) >= 11 is 3.40. The number of alkyl halides is 3. The average Bonchev–Trinajstić information content (AvgIpc) is 2.58. The fraction of sp³-hybridized carbons (Fsp3) is 0.278. The van der Waals surface area contributed by atoms with Crippen LogP contribution in [0, 0.1) is 0 Å². The highest BCUT2D eigenvalue weighted by molar-refractivity contribution is 9.10. The Kier molecular flexibility index (Phi) is 3.61. The van der Waals surface area contributed by atoms with E-state index >= 15 is 0 Å². The van der Waals surface area contributed by atoms with Crippen LogP contribution in [-0.2, 0) is 11.0 Å². The Balaban J connectivity index is 1.84. The van der Waals surface area contributed by atoms with E-state index in [2.05, 4.69) is 15.9 Å². The van der Waals surface area contributed by atoms with Crippen molar-refractivity contribution in [3.05, 3.63) is 52.5 Å². The van der Waals surface area contributed by atoms with Gasteiger partial charge in [0.2, 0.25) is 0 Å². The number of carbonyl (C=O) groups excluding carboxylic acids is 1. The Morgan fingerprint density at radius 3 is 2.56 bits per heavy atom. The van der Waals surface area contributed by atoms with Gasteiger partial charge in [-0.1, -0.05) is 22.0 Å². The quantitative estimate of drug-likeness (QED) is 0.653. The first-order valence-corrected chi connectivity index (χ1v) is 8.54. The predicted octanol–water partition coefficient (Wildman–Crippen LogP) is 5.10. The molecular formula is C18H13BrF3NO2. The van der Waals surface area contributed by atoms with E-state index in [9.17, 15) is 18.0 Å². The zero-order chi connectivity index (χ0) is 17.8. The normalized spacial score (nSPS) is 22.4. The van der Waals surface area contributed by atoms with Gasteiger partial charge >= 0.3 is 6.18 Å². The lowest BCUT2D eigenvalue weighted by molar-refractivity contribution is -0.146. The lowest BCUT2D eigenvalue weighted by atomic mass is 9.77. The number of rotatable bonds is 1. The van der Waals surface area contributed by atoms with E-state index in [0.29, 0.717) is 25.1 Å². The van der Waals surface area contributed by atoms with E-state index in [1.165, 1.54) is 6.07 Å². The van der Waals surface area contributed by atoms with Crippen LogP contribution in [0.25, 0.3) is 0 Å². The Morgan fingerprint density at radius 1 is 1.16 bits per heavy atom. The first-order chi connectivity index (χ1) is 11.8. The second-order valence-electron chi connectivity index (χ2n) is 6.27. The maximum atomic E-state index is 13.1. The van der Waals surface area contributed by atoms with E-state index in [1.54, 1.807) is 0 Å². The molecule has 1 saturated carbocycles. The molecule has 2 aromatic carbocycles. The highest BCUT2D eigenvalue weighted by atomic mass is 79.9. The van der Waals surface area contributed by atoms with Crippen molar-refractivity contribution in [1.29, 1.82) is 0 Å². The first-order valence-electron chi connectivity index (χ1n) is 7.75. The van der Waals surface area contributed by atoms with E-state index in [0.717, 1.165) is 22.3 Å². The summed E-state index contributed by atoms with van der Waals surface area (Å²) in [4.78, 5) is 14.0. The second-order valence-corrected chi connectivity index (χ2v) is 7.18. The number of ketones is 1. The predicted molar refractivity (Wildman–Crippen MR) is 90.2 cm³/mol. The smallest absolute Gasteiger partial charge is 0.416 e. The topological polar surface area (TPSA) is 29.5 Å². The van der Waals surface area contributed by atoms with E-state index < -0.39 is 17.3 Å². The van der Waals surface area contributed by atoms with Crippen LogP contribution in [0.2, 0.25) is 0 Å². The van der Waals surface area contributed by atoms with Gasteiger partial charge in [0, 0.05) is 23.0 Å². The molecule has 25 heavy (non-hydrogen) atoms. The molecule has 0 saturated heterocycles. The molecule has 2 aliphatic rings. The van der Waals surface area contributed by atoms with Crippen LogP contribution in [0.3, 0.4) is 0 Å². The fourth-order valence-electron chi connectivity index (χ4n) is 3.23. The molecule has 0 radical (unpaired) electrons. The molecule has 4 rings (SSSR count). The maximum Gasteiger partial charge on any atom is 0.416 e. The number of benzene rings is 2. The molecule has 1 spiro atoms. The van der Waals surface area contributed by atoms with Crippen LogP contribution in [0.15, 0.2) is 46.9 Å². The lowest BCUT2D eigenvalue weighted by Gasteiger charge is -2.48. The Morgan fingerprint density at radius 2 is 1.96 bits per heavy atom. The minimum atomic E-state index is -4.47. The molecule has 1 heterocycles. The van der Waals surface area contributed by atoms with Crippen molar-refractivity contribution in [3.63, 3.8) is 0 Å². The van der Waals surface area contributed by atoms with Gasteiger partial charge in [-0.25, -0.2) is 0 Å². The standard InChI is InChI=1S/C18H13BrF3NO2/c19-12-2-1-3-13(9-12)23-10-17(7-6-16(17)24)25-15-8-11(18(20,21)22)4-5-14(15)23/h1-5,8-9H,6-7,10H2. The summed E-state index contributed by atoms with van der Waals surface area (Å²) in [6, 6.07) is 10.8. The number of nitrogens with zero attached hydrogens (tertiary/aromatic N) is 1. The van der Waals surface area contributed by atoms with Gasteiger partial charge in [-0.3, -0.25) is 4.79 Å². The van der Waals surface area contributed by atoms with Gasteiger partial charge in [0.05, 0.1) is 17.8 Å². The number of hydrogen-bond acceptors (Lipinski definition) is 3. The SMILES string of the molecule is O=C1CCC12CN(c1cccc(Br)c1)c1ccc(C(F)(F)F)cc1O2. The fourth-order valence-corrected chi connectivity index (χ4v) is 3.62. The summed E-state index contributed by atoms with van der Waals surface area (Å²) < 4.78 is 45.8. The number of Topliss-reactive ketones (excluding diaryl/α,β-unsaturated/α-hetero) is 1. The third-order valence-corrected chi connectivity index (χ3v) is 5.17. The monoisotopic (exact) mass is 411 g/mol. The van der Waals surface area contributed by atoms with E-state index in [4.69, 9.17) is 4.74 Å². The number of halogens is 4. The third-order valence-electron chi connectivity index (χ3n) is 4.68. The van der Waals surface area contributed by atoms with Gasteiger partial charge in [-0.15, -0.1) is 0 Å². The molecule has 1 aliphatic heterocycles. The van der Waals surface area contributed by atoms with Gasteiger partial charge in [-0.05, 0) is 36.4 Å². The molecule has 0 bridgehead atoms. The van der Waals surface area contributed by atoms with E-state index in [1.807, 2.05) is 29.2 Å². The number of anilines is 2. The van der Waals surface area contributed by atoms with Crippen molar-refractivity contribution in [2.24, 2.45) is 0 Å².